The highest BCUT2D eigenvalue weighted by atomic mass is 35.5. The fourth-order valence-corrected chi connectivity index (χ4v) is 2.84. The molecule has 0 spiro atoms. The Kier molecular flexibility index (Phi) is 6.53. The van der Waals surface area contributed by atoms with Crippen molar-refractivity contribution in [2.45, 2.75) is 66.3 Å². The van der Waals surface area contributed by atoms with Gasteiger partial charge in [-0.1, -0.05) is 39.3 Å². The highest BCUT2D eigenvalue weighted by molar-refractivity contribution is 6.31. The predicted molar refractivity (Wildman–Crippen MR) is 87.4 cm³/mol. The van der Waals surface area contributed by atoms with Crippen LogP contribution >= 0.6 is 11.6 Å². The van der Waals surface area contributed by atoms with E-state index < -0.39 is 0 Å². The third kappa shape index (κ3) is 4.78. The molecule has 1 rings (SSSR count). The molecule has 1 atom stereocenters. The molecule has 0 saturated carbocycles. The molecule has 0 aromatic carbocycles. The van der Waals surface area contributed by atoms with Gasteiger partial charge in [0.25, 0.3) is 0 Å². The first kappa shape index (κ1) is 17.5. The molecule has 1 heterocycles. The van der Waals surface area contributed by atoms with Gasteiger partial charge >= 0.3 is 0 Å². The Balaban J connectivity index is 2.56. The van der Waals surface area contributed by atoms with Crippen LogP contribution in [0.25, 0.3) is 0 Å². The van der Waals surface area contributed by atoms with E-state index in [9.17, 15) is 0 Å². The van der Waals surface area contributed by atoms with E-state index in [2.05, 4.69) is 38.1 Å². The number of aryl methyl sites for hydroxylation is 2. The van der Waals surface area contributed by atoms with E-state index >= 15 is 0 Å². The van der Waals surface area contributed by atoms with Crippen LogP contribution in [0.4, 0.5) is 0 Å². The largest absolute Gasteiger partial charge is 0.313 e. The minimum absolute atomic E-state index is 0.293. The first-order chi connectivity index (χ1) is 9.27. The lowest BCUT2D eigenvalue weighted by Crippen LogP contribution is -2.40. The Bertz CT molecular complexity index is 418. The molecule has 0 amide bonds. The number of halogens is 1. The molecule has 1 N–H and O–H groups in total. The quantitative estimate of drug-likeness (QED) is 0.821. The third-order valence-corrected chi connectivity index (χ3v) is 4.35. The van der Waals surface area contributed by atoms with Crippen molar-refractivity contribution in [3.05, 3.63) is 16.4 Å². The van der Waals surface area contributed by atoms with Crippen LogP contribution in [0.3, 0.4) is 0 Å². The van der Waals surface area contributed by atoms with Crippen molar-refractivity contribution < 1.29 is 0 Å². The van der Waals surface area contributed by atoms with E-state index in [1.165, 1.54) is 12.8 Å². The topological polar surface area (TPSA) is 29.9 Å². The Morgan fingerprint density at radius 2 is 2.00 bits per heavy atom. The predicted octanol–water partition coefficient (Wildman–Crippen LogP) is 4.12. The van der Waals surface area contributed by atoms with Crippen molar-refractivity contribution >= 4 is 11.6 Å². The van der Waals surface area contributed by atoms with Crippen molar-refractivity contribution in [2.24, 2.45) is 12.5 Å². The second-order valence-electron chi connectivity index (χ2n) is 6.73. The lowest BCUT2D eigenvalue weighted by atomic mass is 9.83. The van der Waals surface area contributed by atoms with Crippen molar-refractivity contribution in [3.63, 3.8) is 0 Å². The Hall–Kier alpha value is -0.540. The van der Waals surface area contributed by atoms with Gasteiger partial charge in [0.05, 0.1) is 16.4 Å². The summed E-state index contributed by atoms with van der Waals surface area (Å²) >= 11 is 6.30. The van der Waals surface area contributed by atoms with E-state index in [0.717, 1.165) is 35.8 Å². The molecule has 0 radical (unpaired) electrons. The molecular weight excluding hydrogens is 270 g/mol. The van der Waals surface area contributed by atoms with Crippen molar-refractivity contribution in [1.29, 1.82) is 0 Å². The van der Waals surface area contributed by atoms with Crippen LogP contribution in [0.1, 0.15) is 58.3 Å². The van der Waals surface area contributed by atoms with E-state index in [4.69, 9.17) is 11.6 Å². The van der Waals surface area contributed by atoms with Gasteiger partial charge in [-0.2, -0.15) is 5.10 Å². The van der Waals surface area contributed by atoms with Crippen molar-refractivity contribution in [2.75, 3.05) is 6.54 Å². The van der Waals surface area contributed by atoms with E-state index in [1.807, 2.05) is 18.7 Å². The van der Waals surface area contributed by atoms with Gasteiger partial charge in [0.2, 0.25) is 0 Å². The summed E-state index contributed by atoms with van der Waals surface area (Å²) in [5.41, 5.74) is 2.38. The zero-order chi connectivity index (χ0) is 15.3. The lowest BCUT2D eigenvalue weighted by molar-refractivity contribution is 0.251. The fourth-order valence-electron chi connectivity index (χ4n) is 2.59. The SMILES string of the molecule is CCCNC(CCCc1c(Cl)c(C)nn1C)C(C)(C)C. The molecular formula is C16H30ClN3. The average molecular weight is 300 g/mol. The Labute approximate surface area is 129 Å². The maximum atomic E-state index is 6.30. The van der Waals surface area contributed by atoms with Crippen LogP contribution in [0.15, 0.2) is 0 Å². The van der Waals surface area contributed by atoms with Crippen LogP contribution in [0.2, 0.25) is 5.02 Å². The van der Waals surface area contributed by atoms with Crippen LogP contribution in [-0.4, -0.2) is 22.4 Å². The van der Waals surface area contributed by atoms with Crippen molar-refractivity contribution in [3.8, 4) is 0 Å². The number of nitrogens with one attached hydrogen (secondary N) is 1. The fraction of sp³-hybridized carbons (Fsp3) is 0.812. The molecule has 20 heavy (non-hydrogen) atoms. The van der Waals surface area contributed by atoms with Crippen LogP contribution in [-0.2, 0) is 13.5 Å². The van der Waals surface area contributed by atoms with Gasteiger partial charge in [-0.3, -0.25) is 4.68 Å². The summed E-state index contributed by atoms with van der Waals surface area (Å²) in [4.78, 5) is 0. The smallest absolute Gasteiger partial charge is 0.0846 e. The highest BCUT2D eigenvalue weighted by Gasteiger charge is 2.23. The first-order valence-electron chi connectivity index (χ1n) is 7.68. The molecule has 0 aliphatic heterocycles. The van der Waals surface area contributed by atoms with E-state index in [0.29, 0.717) is 11.5 Å². The van der Waals surface area contributed by atoms with Crippen LogP contribution < -0.4 is 5.32 Å². The minimum atomic E-state index is 0.293. The molecule has 0 aliphatic rings. The first-order valence-corrected chi connectivity index (χ1v) is 8.06. The van der Waals surface area contributed by atoms with Gasteiger partial charge in [0.1, 0.15) is 0 Å². The molecule has 4 heteroatoms. The summed E-state index contributed by atoms with van der Waals surface area (Å²) in [6, 6.07) is 0.551. The Morgan fingerprint density at radius 1 is 1.35 bits per heavy atom. The number of nitrogens with zero attached hydrogens (tertiary/aromatic N) is 2. The van der Waals surface area contributed by atoms with Gasteiger partial charge < -0.3 is 5.32 Å². The van der Waals surface area contributed by atoms with Crippen LogP contribution in [0.5, 0.6) is 0 Å². The van der Waals surface area contributed by atoms with Gasteiger partial charge in [0, 0.05) is 13.1 Å². The number of hydrogen-bond acceptors (Lipinski definition) is 2. The summed E-state index contributed by atoms with van der Waals surface area (Å²) < 4.78 is 1.92. The molecule has 116 valence electrons. The molecule has 0 bridgehead atoms. The molecule has 1 unspecified atom stereocenters. The Morgan fingerprint density at radius 3 is 2.45 bits per heavy atom. The normalized spacial score (nSPS) is 13.8. The molecule has 1 aromatic heterocycles. The molecule has 3 nitrogen and oxygen atoms in total. The third-order valence-electron chi connectivity index (χ3n) is 3.85. The summed E-state index contributed by atoms with van der Waals surface area (Å²) in [5, 5.41) is 8.89. The zero-order valence-corrected chi connectivity index (χ0v) is 14.6. The maximum Gasteiger partial charge on any atom is 0.0846 e. The minimum Gasteiger partial charge on any atom is -0.313 e. The standard InChI is InChI=1S/C16H30ClN3/c1-7-11-18-14(16(3,4)5)10-8-9-13-15(17)12(2)19-20(13)6/h14,18H,7-11H2,1-6H3. The van der Waals surface area contributed by atoms with Gasteiger partial charge in [-0.25, -0.2) is 0 Å². The second kappa shape index (κ2) is 7.46. The summed E-state index contributed by atoms with van der Waals surface area (Å²) in [7, 11) is 1.98. The van der Waals surface area contributed by atoms with Gasteiger partial charge in [-0.05, 0) is 44.6 Å². The average Bonchev–Trinajstić information content (AvgIpc) is 2.57. The molecule has 1 aromatic rings. The monoisotopic (exact) mass is 299 g/mol. The van der Waals surface area contributed by atoms with E-state index in [1.54, 1.807) is 0 Å². The highest BCUT2D eigenvalue weighted by Crippen LogP contribution is 2.25. The molecule has 0 saturated heterocycles. The second-order valence-corrected chi connectivity index (χ2v) is 7.11. The molecule has 0 aliphatic carbocycles. The summed E-state index contributed by atoms with van der Waals surface area (Å²) in [5.74, 6) is 0. The summed E-state index contributed by atoms with van der Waals surface area (Å²) in [6.45, 7) is 12.2. The van der Waals surface area contributed by atoms with Crippen molar-refractivity contribution in [1.82, 2.24) is 15.1 Å². The molecule has 0 fully saturated rings. The lowest BCUT2D eigenvalue weighted by Gasteiger charge is -2.32. The number of aromatic nitrogens is 2. The van der Waals surface area contributed by atoms with Crippen LogP contribution in [0, 0.1) is 12.3 Å². The van der Waals surface area contributed by atoms with Gasteiger partial charge in [0.15, 0.2) is 0 Å². The number of hydrogen-bond donors (Lipinski definition) is 1. The van der Waals surface area contributed by atoms with Gasteiger partial charge in [-0.15, -0.1) is 0 Å². The van der Waals surface area contributed by atoms with E-state index in [-0.39, 0.29) is 0 Å². The summed E-state index contributed by atoms with van der Waals surface area (Å²) in [6.07, 6.45) is 4.48. The number of rotatable bonds is 7. The zero-order valence-electron chi connectivity index (χ0n) is 13.9. The maximum absolute atomic E-state index is 6.30.